The zero-order chi connectivity index (χ0) is 17.2. The van der Waals surface area contributed by atoms with Gasteiger partial charge in [0.2, 0.25) is 0 Å². The number of aromatic amines is 1. The number of nitro groups is 1. The number of aromatic nitrogens is 2. The van der Waals surface area contributed by atoms with Crippen molar-refractivity contribution >= 4 is 21.2 Å². The standard InChI is InChI=1S/C14H18N4O4S/c1-9(2)13(14-15-6-7-16-14)17-11-5-4-10(23(3,21)22)8-12(11)18(19)20/h4-9,13,17H,1-3H3,(H,15,16)/t13-/m0/s1. The number of anilines is 1. The van der Waals surface area contributed by atoms with Gasteiger partial charge < -0.3 is 10.3 Å². The first-order valence-corrected chi connectivity index (χ1v) is 8.83. The van der Waals surface area contributed by atoms with E-state index in [2.05, 4.69) is 15.3 Å². The molecule has 9 heteroatoms. The third-order valence-electron chi connectivity index (χ3n) is 3.39. The topological polar surface area (TPSA) is 118 Å². The summed E-state index contributed by atoms with van der Waals surface area (Å²) in [5.41, 5.74) is -0.0392. The predicted octanol–water partition coefficient (Wildman–Crippen LogP) is 2.53. The zero-order valence-corrected chi connectivity index (χ0v) is 13.8. The van der Waals surface area contributed by atoms with Crippen molar-refractivity contribution in [3.63, 3.8) is 0 Å². The van der Waals surface area contributed by atoms with Crippen molar-refractivity contribution in [3.8, 4) is 0 Å². The molecule has 23 heavy (non-hydrogen) atoms. The molecule has 0 saturated heterocycles. The molecule has 1 heterocycles. The fourth-order valence-electron chi connectivity index (χ4n) is 2.18. The van der Waals surface area contributed by atoms with Gasteiger partial charge in [-0.15, -0.1) is 0 Å². The van der Waals surface area contributed by atoms with Gasteiger partial charge in [-0.1, -0.05) is 13.8 Å². The van der Waals surface area contributed by atoms with Crippen molar-refractivity contribution in [1.29, 1.82) is 0 Å². The molecule has 0 fully saturated rings. The van der Waals surface area contributed by atoms with E-state index in [-0.39, 0.29) is 28.2 Å². The lowest BCUT2D eigenvalue weighted by atomic mass is 10.0. The molecule has 124 valence electrons. The van der Waals surface area contributed by atoms with E-state index in [1.54, 1.807) is 12.4 Å². The Morgan fingerprint density at radius 1 is 1.35 bits per heavy atom. The average Bonchev–Trinajstić information content (AvgIpc) is 2.96. The zero-order valence-electron chi connectivity index (χ0n) is 13.0. The monoisotopic (exact) mass is 338 g/mol. The van der Waals surface area contributed by atoms with Crippen LogP contribution >= 0.6 is 0 Å². The van der Waals surface area contributed by atoms with E-state index >= 15 is 0 Å². The molecule has 2 N–H and O–H groups in total. The molecule has 2 rings (SSSR count). The fourth-order valence-corrected chi connectivity index (χ4v) is 2.82. The van der Waals surface area contributed by atoms with E-state index in [1.807, 2.05) is 13.8 Å². The number of hydrogen-bond acceptors (Lipinski definition) is 6. The van der Waals surface area contributed by atoms with Gasteiger partial charge >= 0.3 is 0 Å². The largest absolute Gasteiger partial charge is 0.369 e. The molecule has 0 radical (unpaired) electrons. The highest BCUT2D eigenvalue weighted by Gasteiger charge is 2.24. The lowest BCUT2D eigenvalue weighted by Crippen LogP contribution is -2.19. The summed E-state index contributed by atoms with van der Waals surface area (Å²) in [5, 5.41) is 14.4. The number of hydrogen-bond donors (Lipinski definition) is 2. The van der Waals surface area contributed by atoms with Crippen LogP contribution in [0.1, 0.15) is 25.7 Å². The van der Waals surface area contributed by atoms with Crippen LogP contribution in [0.15, 0.2) is 35.5 Å². The summed E-state index contributed by atoms with van der Waals surface area (Å²) in [6.45, 7) is 3.91. The number of rotatable bonds is 6. The number of nitro benzene ring substituents is 1. The first-order chi connectivity index (χ1) is 10.7. The second kappa shape index (κ2) is 6.37. The molecule has 8 nitrogen and oxygen atoms in total. The highest BCUT2D eigenvalue weighted by Crippen LogP contribution is 2.32. The Labute approximate surface area is 134 Å². The molecule has 0 aliphatic heterocycles. The van der Waals surface area contributed by atoms with Crippen molar-refractivity contribution in [1.82, 2.24) is 9.97 Å². The second-order valence-electron chi connectivity index (χ2n) is 5.55. The quantitative estimate of drug-likeness (QED) is 0.617. The van der Waals surface area contributed by atoms with Crippen LogP contribution in [0.2, 0.25) is 0 Å². The molecule has 0 amide bonds. The van der Waals surface area contributed by atoms with Crippen molar-refractivity contribution in [2.24, 2.45) is 5.92 Å². The van der Waals surface area contributed by atoms with E-state index in [1.165, 1.54) is 12.1 Å². The molecule has 0 spiro atoms. The molecular formula is C14H18N4O4S. The van der Waals surface area contributed by atoms with Gasteiger partial charge in [0.15, 0.2) is 9.84 Å². The van der Waals surface area contributed by atoms with Crippen molar-refractivity contribution < 1.29 is 13.3 Å². The summed E-state index contributed by atoms with van der Waals surface area (Å²) in [4.78, 5) is 17.8. The van der Waals surface area contributed by atoms with Crippen LogP contribution < -0.4 is 5.32 Å². The summed E-state index contributed by atoms with van der Waals surface area (Å²) < 4.78 is 23.2. The second-order valence-corrected chi connectivity index (χ2v) is 7.56. The average molecular weight is 338 g/mol. The lowest BCUT2D eigenvalue weighted by Gasteiger charge is -2.21. The van der Waals surface area contributed by atoms with Gasteiger partial charge in [0.05, 0.1) is 15.9 Å². The lowest BCUT2D eigenvalue weighted by molar-refractivity contribution is -0.384. The Hall–Kier alpha value is -2.42. The van der Waals surface area contributed by atoms with Gasteiger partial charge in [-0.05, 0) is 18.1 Å². The minimum atomic E-state index is -3.51. The first kappa shape index (κ1) is 16.9. The minimum absolute atomic E-state index is 0.0890. The molecule has 0 aliphatic rings. The molecule has 2 aromatic rings. The number of imidazole rings is 1. The SMILES string of the molecule is CC(C)[C@H](Nc1ccc(S(C)(=O)=O)cc1[N+](=O)[O-])c1ncc[nH]1. The van der Waals surface area contributed by atoms with Gasteiger partial charge in [-0.3, -0.25) is 10.1 Å². The number of sulfone groups is 1. The van der Waals surface area contributed by atoms with Gasteiger partial charge in [-0.2, -0.15) is 0 Å². The number of nitrogens with one attached hydrogen (secondary N) is 2. The van der Waals surface area contributed by atoms with Crippen molar-refractivity contribution in [3.05, 3.63) is 46.5 Å². The summed E-state index contributed by atoms with van der Waals surface area (Å²) in [6.07, 6.45) is 4.29. The van der Waals surface area contributed by atoms with E-state index in [0.29, 0.717) is 5.82 Å². The Morgan fingerprint density at radius 3 is 2.52 bits per heavy atom. The van der Waals surface area contributed by atoms with Crippen LogP contribution in [-0.2, 0) is 9.84 Å². The maximum absolute atomic E-state index is 11.6. The van der Waals surface area contributed by atoms with Crippen LogP contribution in [0, 0.1) is 16.0 Å². The summed E-state index contributed by atoms with van der Waals surface area (Å²) in [7, 11) is -3.51. The molecule has 1 aromatic heterocycles. The van der Waals surface area contributed by atoms with Crippen LogP contribution in [0.25, 0.3) is 0 Å². The minimum Gasteiger partial charge on any atom is -0.369 e. The highest BCUT2D eigenvalue weighted by atomic mass is 32.2. The predicted molar refractivity (Wildman–Crippen MR) is 86.0 cm³/mol. The van der Waals surface area contributed by atoms with Gasteiger partial charge in [0.1, 0.15) is 11.5 Å². The van der Waals surface area contributed by atoms with Gasteiger partial charge in [0.25, 0.3) is 5.69 Å². The molecule has 1 atom stereocenters. The third-order valence-corrected chi connectivity index (χ3v) is 4.50. The first-order valence-electron chi connectivity index (χ1n) is 6.94. The van der Waals surface area contributed by atoms with E-state index in [9.17, 15) is 18.5 Å². The van der Waals surface area contributed by atoms with Crippen LogP contribution in [-0.4, -0.2) is 29.6 Å². The number of H-pyrrole nitrogens is 1. The molecule has 1 aromatic carbocycles. The highest BCUT2D eigenvalue weighted by molar-refractivity contribution is 7.90. The Balaban J connectivity index is 2.44. The number of nitrogens with zero attached hydrogens (tertiary/aromatic N) is 2. The molecule has 0 saturated carbocycles. The van der Waals surface area contributed by atoms with Crippen LogP contribution in [0.4, 0.5) is 11.4 Å². The van der Waals surface area contributed by atoms with Crippen LogP contribution in [0.3, 0.4) is 0 Å². The summed E-state index contributed by atoms with van der Waals surface area (Å²) in [5.74, 6) is 0.761. The van der Waals surface area contributed by atoms with E-state index in [4.69, 9.17) is 0 Å². The van der Waals surface area contributed by atoms with Crippen molar-refractivity contribution in [2.75, 3.05) is 11.6 Å². The molecule has 0 unspecified atom stereocenters. The maximum atomic E-state index is 11.6. The molecule has 0 bridgehead atoms. The van der Waals surface area contributed by atoms with Crippen molar-refractivity contribution in [2.45, 2.75) is 24.8 Å². The maximum Gasteiger partial charge on any atom is 0.293 e. The van der Waals surface area contributed by atoms with E-state index < -0.39 is 14.8 Å². The summed E-state index contributed by atoms with van der Waals surface area (Å²) in [6, 6.07) is 3.56. The molecular weight excluding hydrogens is 320 g/mol. The molecule has 0 aliphatic carbocycles. The van der Waals surface area contributed by atoms with Gasteiger partial charge in [-0.25, -0.2) is 13.4 Å². The fraction of sp³-hybridized carbons (Fsp3) is 0.357. The van der Waals surface area contributed by atoms with Gasteiger partial charge in [0, 0.05) is 24.7 Å². The Bertz CT molecular complexity index is 800. The Morgan fingerprint density at radius 2 is 2.04 bits per heavy atom. The number of benzene rings is 1. The van der Waals surface area contributed by atoms with E-state index in [0.717, 1.165) is 12.3 Å². The smallest absolute Gasteiger partial charge is 0.293 e. The Kier molecular flexibility index (Phi) is 4.69. The van der Waals surface area contributed by atoms with Crippen LogP contribution in [0.5, 0.6) is 0 Å². The third kappa shape index (κ3) is 3.86. The normalized spacial score (nSPS) is 13.0. The summed E-state index contributed by atoms with van der Waals surface area (Å²) >= 11 is 0.